The van der Waals surface area contributed by atoms with Crippen LogP contribution in [0.2, 0.25) is 0 Å². The Balaban J connectivity index is 1.28. The summed E-state index contributed by atoms with van der Waals surface area (Å²) in [7, 11) is 0. The molecule has 1 spiro atoms. The third-order valence-corrected chi connectivity index (χ3v) is 5.91. The van der Waals surface area contributed by atoms with E-state index < -0.39 is 35.3 Å². The number of likely N-dealkylation sites (tertiary alicyclic amines) is 1. The number of barbiturate groups is 1. The van der Waals surface area contributed by atoms with Crippen LogP contribution in [0.3, 0.4) is 0 Å². The first-order valence-electron chi connectivity index (χ1n) is 10.9. The van der Waals surface area contributed by atoms with Gasteiger partial charge in [0.15, 0.2) is 0 Å². The number of nitrogens with one attached hydrogen (secondary N) is 4. The van der Waals surface area contributed by atoms with Gasteiger partial charge in [-0.05, 0) is 30.2 Å². The number of ether oxygens (including phenoxy) is 1. The molecule has 9 amide bonds. The molecule has 1 aromatic heterocycles. The molecule has 4 N–H and O–H groups in total. The molecule has 0 atom stereocenters. The predicted octanol–water partition coefficient (Wildman–Crippen LogP) is -0.0498. The summed E-state index contributed by atoms with van der Waals surface area (Å²) in [4.78, 5) is 79.8. The Morgan fingerprint density at radius 1 is 0.944 bits per heavy atom. The number of pyridine rings is 1. The topological polar surface area (TPSA) is 179 Å². The van der Waals surface area contributed by atoms with E-state index in [1.165, 1.54) is 12.1 Å². The van der Waals surface area contributed by atoms with E-state index in [0.29, 0.717) is 17.2 Å². The fourth-order valence-corrected chi connectivity index (χ4v) is 3.91. The van der Waals surface area contributed by atoms with Crippen molar-refractivity contribution >= 4 is 41.5 Å². The molecule has 5 rings (SSSR count). The standard InChI is InChI=1S/C22H19N7O7/c30-16-22(17(31)26-19(33)25-16)18(32)27-21(35)29(22)13-4-7-15(23-11-13)36-14-5-2-12(3-6-14)10-24-20(34)28-8-1-9-28/h2-7,11H,1,8-10H2,(H,24,34)(H,27,32,35)(H2,25,26,30,31,33). The van der Waals surface area contributed by atoms with Crippen LogP contribution in [-0.4, -0.2) is 64.3 Å². The normalized spacial score (nSPS) is 18.4. The molecule has 0 unspecified atom stereocenters. The third kappa shape index (κ3) is 3.73. The third-order valence-electron chi connectivity index (χ3n) is 5.91. The minimum absolute atomic E-state index is 0.0568. The second-order valence-corrected chi connectivity index (χ2v) is 8.14. The van der Waals surface area contributed by atoms with Gasteiger partial charge >= 0.3 is 18.1 Å². The second-order valence-electron chi connectivity index (χ2n) is 8.14. The molecule has 3 fully saturated rings. The molecule has 0 aliphatic carbocycles. The zero-order valence-electron chi connectivity index (χ0n) is 18.6. The average Bonchev–Trinajstić information content (AvgIpc) is 3.07. The highest BCUT2D eigenvalue weighted by atomic mass is 16.5. The van der Waals surface area contributed by atoms with E-state index >= 15 is 0 Å². The first kappa shape index (κ1) is 22.8. The lowest BCUT2D eigenvalue weighted by molar-refractivity contribution is -0.143. The van der Waals surface area contributed by atoms with Crippen LogP contribution >= 0.6 is 0 Å². The van der Waals surface area contributed by atoms with Crippen molar-refractivity contribution < 1.29 is 33.5 Å². The van der Waals surface area contributed by atoms with E-state index in [-0.39, 0.29) is 17.6 Å². The maximum Gasteiger partial charge on any atom is 0.330 e. The quantitative estimate of drug-likeness (QED) is 0.331. The van der Waals surface area contributed by atoms with Crippen LogP contribution in [0.1, 0.15) is 12.0 Å². The molecule has 4 heterocycles. The predicted molar refractivity (Wildman–Crippen MR) is 120 cm³/mol. The molecule has 3 aliphatic rings. The lowest BCUT2D eigenvalue weighted by atomic mass is 9.93. The van der Waals surface area contributed by atoms with Crippen molar-refractivity contribution in [3.63, 3.8) is 0 Å². The van der Waals surface area contributed by atoms with Gasteiger partial charge in [-0.1, -0.05) is 12.1 Å². The Bertz CT molecular complexity index is 1270. The van der Waals surface area contributed by atoms with Crippen LogP contribution in [-0.2, 0) is 20.9 Å². The van der Waals surface area contributed by atoms with Gasteiger partial charge in [-0.15, -0.1) is 0 Å². The SMILES string of the molecule is O=C1NC(=O)C2(C(=O)N1)C(=O)NC(=O)N2c1ccc(Oc2ccc(CNC(=O)N3CCC3)cc2)nc1. The Morgan fingerprint density at radius 2 is 1.61 bits per heavy atom. The molecule has 14 heteroatoms. The highest BCUT2D eigenvalue weighted by Crippen LogP contribution is 2.32. The van der Waals surface area contributed by atoms with Crippen molar-refractivity contribution in [1.29, 1.82) is 0 Å². The number of imide groups is 3. The summed E-state index contributed by atoms with van der Waals surface area (Å²) >= 11 is 0. The lowest BCUT2D eigenvalue weighted by Gasteiger charge is -2.34. The van der Waals surface area contributed by atoms with E-state index in [0.717, 1.165) is 31.3 Å². The number of hydrogen-bond acceptors (Lipinski definition) is 8. The summed E-state index contributed by atoms with van der Waals surface area (Å²) in [5.41, 5.74) is -1.81. The van der Waals surface area contributed by atoms with Gasteiger partial charge in [0, 0.05) is 25.7 Å². The molecule has 3 saturated heterocycles. The Labute approximate surface area is 203 Å². The van der Waals surface area contributed by atoms with E-state index in [1.54, 1.807) is 29.2 Å². The van der Waals surface area contributed by atoms with Gasteiger partial charge in [0.1, 0.15) is 5.75 Å². The van der Waals surface area contributed by atoms with Gasteiger partial charge in [0.25, 0.3) is 23.3 Å². The molecule has 0 bridgehead atoms. The Kier molecular flexibility index (Phi) is 5.47. The second kappa shape index (κ2) is 8.65. The maximum absolute atomic E-state index is 12.5. The molecule has 36 heavy (non-hydrogen) atoms. The summed E-state index contributed by atoms with van der Waals surface area (Å²) in [6, 6.07) is 7.42. The number of nitrogens with zero attached hydrogens (tertiary/aromatic N) is 3. The van der Waals surface area contributed by atoms with Crippen LogP contribution in [0, 0.1) is 0 Å². The minimum Gasteiger partial charge on any atom is -0.439 e. The van der Waals surface area contributed by atoms with Crippen molar-refractivity contribution in [3.05, 3.63) is 48.2 Å². The van der Waals surface area contributed by atoms with E-state index in [1.807, 2.05) is 16.0 Å². The number of urea groups is 3. The van der Waals surface area contributed by atoms with Crippen molar-refractivity contribution in [2.75, 3.05) is 18.0 Å². The van der Waals surface area contributed by atoms with E-state index in [9.17, 15) is 28.8 Å². The summed E-state index contributed by atoms with van der Waals surface area (Å²) in [6.07, 6.45) is 2.16. The van der Waals surface area contributed by atoms with E-state index in [2.05, 4.69) is 10.3 Å². The summed E-state index contributed by atoms with van der Waals surface area (Å²) in [5, 5.41) is 8.42. The number of amides is 9. The van der Waals surface area contributed by atoms with Gasteiger partial charge in [-0.2, -0.15) is 0 Å². The van der Waals surface area contributed by atoms with Gasteiger partial charge < -0.3 is 15.0 Å². The van der Waals surface area contributed by atoms with Crippen molar-refractivity contribution in [2.45, 2.75) is 18.5 Å². The lowest BCUT2D eigenvalue weighted by Crippen LogP contribution is -2.74. The fourth-order valence-electron chi connectivity index (χ4n) is 3.91. The van der Waals surface area contributed by atoms with Gasteiger partial charge in [-0.3, -0.25) is 35.2 Å². The summed E-state index contributed by atoms with van der Waals surface area (Å²) in [6.45, 7) is 1.90. The summed E-state index contributed by atoms with van der Waals surface area (Å²) < 4.78 is 5.69. The largest absolute Gasteiger partial charge is 0.439 e. The Hall–Kier alpha value is -5.01. The fraction of sp³-hybridized carbons (Fsp3) is 0.227. The number of carbonyl (C=O) groups is 6. The maximum atomic E-state index is 12.5. The molecule has 0 radical (unpaired) electrons. The molecule has 14 nitrogen and oxygen atoms in total. The van der Waals surface area contributed by atoms with Crippen molar-refractivity contribution in [2.24, 2.45) is 0 Å². The van der Waals surface area contributed by atoms with Crippen LogP contribution in [0.5, 0.6) is 11.6 Å². The average molecular weight is 493 g/mol. The highest BCUT2D eigenvalue weighted by Gasteiger charge is 2.67. The molecule has 184 valence electrons. The number of carbonyl (C=O) groups excluding carboxylic acids is 6. The Morgan fingerprint density at radius 3 is 2.19 bits per heavy atom. The summed E-state index contributed by atoms with van der Waals surface area (Å²) in [5.74, 6) is -3.15. The smallest absolute Gasteiger partial charge is 0.330 e. The first-order valence-corrected chi connectivity index (χ1v) is 10.9. The number of benzene rings is 1. The zero-order valence-corrected chi connectivity index (χ0v) is 18.6. The van der Waals surface area contributed by atoms with Gasteiger partial charge in [-0.25, -0.2) is 19.4 Å². The number of anilines is 1. The molecule has 0 saturated carbocycles. The molecule has 1 aromatic carbocycles. The van der Waals surface area contributed by atoms with Crippen molar-refractivity contribution in [1.82, 2.24) is 31.2 Å². The minimum atomic E-state index is -2.63. The van der Waals surface area contributed by atoms with Crippen LogP contribution in [0.15, 0.2) is 42.6 Å². The molecular weight excluding hydrogens is 474 g/mol. The highest BCUT2D eigenvalue weighted by molar-refractivity contribution is 6.43. The van der Waals surface area contributed by atoms with E-state index in [4.69, 9.17) is 4.74 Å². The molecule has 3 aliphatic heterocycles. The van der Waals surface area contributed by atoms with Crippen LogP contribution < -0.4 is 30.9 Å². The number of hydrogen-bond donors (Lipinski definition) is 4. The number of rotatable bonds is 5. The molecular formula is C22H19N7O7. The molecule has 2 aromatic rings. The van der Waals surface area contributed by atoms with Crippen LogP contribution in [0.25, 0.3) is 0 Å². The number of aromatic nitrogens is 1. The first-order chi connectivity index (χ1) is 17.3. The van der Waals surface area contributed by atoms with Gasteiger partial charge in [0.2, 0.25) is 5.88 Å². The van der Waals surface area contributed by atoms with Gasteiger partial charge in [0.05, 0.1) is 11.9 Å². The zero-order chi connectivity index (χ0) is 25.4. The monoisotopic (exact) mass is 493 g/mol. The van der Waals surface area contributed by atoms with Crippen molar-refractivity contribution in [3.8, 4) is 11.6 Å². The van der Waals surface area contributed by atoms with Crippen LogP contribution in [0.4, 0.5) is 20.1 Å².